The van der Waals surface area contributed by atoms with Crippen LogP contribution in [0, 0.1) is 0 Å². The van der Waals surface area contributed by atoms with E-state index in [2.05, 4.69) is 5.32 Å². The third-order valence-electron chi connectivity index (χ3n) is 3.84. The number of nitrogens with one attached hydrogen (secondary N) is 1. The van der Waals surface area contributed by atoms with Crippen molar-refractivity contribution in [3.63, 3.8) is 0 Å². The van der Waals surface area contributed by atoms with Gasteiger partial charge in [0, 0.05) is 13.1 Å². The van der Waals surface area contributed by atoms with E-state index in [-0.39, 0.29) is 13.0 Å². The number of amides is 2. The summed E-state index contributed by atoms with van der Waals surface area (Å²) in [5.74, 6) is -2.44. The van der Waals surface area contributed by atoms with Crippen LogP contribution in [0.5, 0.6) is 0 Å². The highest BCUT2D eigenvalue weighted by molar-refractivity contribution is 5.90. The molecule has 1 unspecified atom stereocenters. The molecule has 1 aromatic rings. The Balaban J connectivity index is 1.79. The molecule has 1 aliphatic heterocycles. The number of aryl methyl sites for hydroxylation is 1. The van der Waals surface area contributed by atoms with Gasteiger partial charge in [-0.2, -0.15) is 13.2 Å². The molecule has 2 amide bonds. The number of nitrogens with zero attached hydrogens (tertiary/aromatic N) is 1. The van der Waals surface area contributed by atoms with Crippen LogP contribution in [-0.2, 0) is 16.0 Å². The minimum absolute atomic E-state index is 0.0273. The second kappa shape index (κ2) is 7.48. The van der Waals surface area contributed by atoms with Gasteiger partial charge in [0.1, 0.15) is 6.04 Å². The molecule has 0 spiro atoms. The number of hydrogen-bond acceptors (Lipinski definition) is 2. The third kappa shape index (κ3) is 4.71. The molecule has 4 nitrogen and oxygen atoms in total. The second-order valence-electron chi connectivity index (χ2n) is 5.53. The molecule has 0 radical (unpaired) electrons. The second-order valence-corrected chi connectivity index (χ2v) is 5.53. The summed E-state index contributed by atoms with van der Waals surface area (Å²) in [6, 6.07) is 8.70. The summed E-state index contributed by atoms with van der Waals surface area (Å²) >= 11 is 0. The molecule has 0 saturated carbocycles. The van der Waals surface area contributed by atoms with E-state index in [1.165, 1.54) is 0 Å². The summed E-state index contributed by atoms with van der Waals surface area (Å²) in [6.07, 6.45) is -2.79. The van der Waals surface area contributed by atoms with Gasteiger partial charge < -0.3 is 10.2 Å². The molecule has 0 bridgehead atoms. The van der Waals surface area contributed by atoms with Crippen molar-refractivity contribution in [3.05, 3.63) is 35.9 Å². The maximum Gasteiger partial charge on any atom is 0.471 e. The molecular weight excluding hydrogens is 309 g/mol. The average Bonchev–Trinajstić information content (AvgIpc) is 3.00. The number of halogens is 3. The molecular formula is C16H19F3N2O2. The van der Waals surface area contributed by atoms with Crippen molar-refractivity contribution in [3.8, 4) is 0 Å². The first-order chi connectivity index (χ1) is 10.9. The molecule has 2 rings (SSSR count). The highest BCUT2D eigenvalue weighted by Crippen LogP contribution is 2.25. The average molecular weight is 328 g/mol. The molecule has 1 aliphatic rings. The van der Waals surface area contributed by atoms with Gasteiger partial charge in [0.15, 0.2) is 0 Å². The summed E-state index contributed by atoms with van der Waals surface area (Å²) in [6.45, 7) is 0.346. The Morgan fingerprint density at radius 1 is 1.22 bits per heavy atom. The fraction of sp³-hybridized carbons (Fsp3) is 0.500. The first kappa shape index (κ1) is 17.3. The Bertz CT molecular complexity index is 546. The van der Waals surface area contributed by atoms with Crippen LogP contribution >= 0.6 is 0 Å². The summed E-state index contributed by atoms with van der Waals surface area (Å²) in [4.78, 5) is 24.0. The van der Waals surface area contributed by atoms with Gasteiger partial charge in [-0.25, -0.2) is 0 Å². The Kier molecular flexibility index (Phi) is 5.63. The van der Waals surface area contributed by atoms with E-state index < -0.39 is 24.0 Å². The van der Waals surface area contributed by atoms with E-state index in [9.17, 15) is 22.8 Å². The summed E-state index contributed by atoms with van der Waals surface area (Å²) in [5, 5.41) is 2.63. The molecule has 1 atom stereocenters. The Morgan fingerprint density at radius 2 is 1.91 bits per heavy atom. The summed E-state index contributed by atoms with van der Waals surface area (Å²) in [5.41, 5.74) is 1.14. The smallest absolute Gasteiger partial charge is 0.354 e. The number of alkyl halides is 3. The minimum Gasteiger partial charge on any atom is -0.354 e. The van der Waals surface area contributed by atoms with E-state index in [0.717, 1.165) is 12.0 Å². The number of carbonyl (C=O) groups excluding carboxylic acids is 2. The Hall–Kier alpha value is -2.05. The molecule has 1 saturated heterocycles. The highest BCUT2D eigenvalue weighted by Gasteiger charge is 2.47. The largest absolute Gasteiger partial charge is 0.471 e. The van der Waals surface area contributed by atoms with Crippen LogP contribution in [0.15, 0.2) is 30.3 Å². The van der Waals surface area contributed by atoms with Crippen molar-refractivity contribution < 1.29 is 22.8 Å². The van der Waals surface area contributed by atoms with Crippen LogP contribution in [0.1, 0.15) is 24.8 Å². The predicted octanol–water partition coefficient (Wildman–Crippen LogP) is 2.29. The first-order valence-electron chi connectivity index (χ1n) is 7.59. The lowest BCUT2D eigenvalue weighted by molar-refractivity contribution is -0.186. The molecule has 1 N–H and O–H groups in total. The van der Waals surface area contributed by atoms with Gasteiger partial charge in [-0.3, -0.25) is 9.59 Å². The molecule has 1 fully saturated rings. The van der Waals surface area contributed by atoms with Crippen LogP contribution in [0.4, 0.5) is 13.2 Å². The van der Waals surface area contributed by atoms with E-state index in [4.69, 9.17) is 0 Å². The van der Waals surface area contributed by atoms with Crippen molar-refractivity contribution >= 4 is 11.8 Å². The predicted molar refractivity (Wildman–Crippen MR) is 78.6 cm³/mol. The quantitative estimate of drug-likeness (QED) is 0.843. The number of likely N-dealkylation sites (tertiary alicyclic amines) is 1. The SMILES string of the molecule is O=C(NCCCc1ccccc1)C1CCCN1C(=O)C(F)(F)F. The van der Waals surface area contributed by atoms with Gasteiger partial charge >= 0.3 is 12.1 Å². The van der Waals surface area contributed by atoms with E-state index in [1.807, 2.05) is 30.3 Å². The monoisotopic (exact) mass is 328 g/mol. The zero-order chi connectivity index (χ0) is 16.9. The normalized spacial score (nSPS) is 18.0. The number of hydrogen-bond donors (Lipinski definition) is 1. The van der Waals surface area contributed by atoms with Crippen molar-refractivity contribution in [1.82, 2.24) is 10.2 Å². The maximum absolute atomic E-state index is 12.5. The highest BCUT2D eigenvalue weighted by atomic mass is 19.4. The molecule has 7 heteroatoms. The fourth-order valence-corrected chi connectivity index (χ4v) is 2.71. The van der Waals surface area contributed by atoms with Gasteiger partial charge in [0.25, 0.3) is 0 Å². The molecule has 1 aromatic carbocycles. The van der Waals surface area contributed by atoms with Crippen LogP contribution in [0.2, 0.25) is 0 Å². The Labute approximate surface area is 132 Å². The van der Waals surface area contributed by atoms with Gasteiger partial charge in [0.2, 0.25) is 5.91 Å². The van der Waals surface area contributed by atoms with E-state index in [0.29, 0.717) is 24.3 Å². The lowest BCUT2D eigenvalue weighted by atomic mass is 10.1. The molecule has 23 heavy (non-hydrogen) atoms. The van der Waals surface area contributed by atoms with E-state index >= 15 is 0 Å². The van der Waals surface area contributed by atoms with Crippen molar-refractivity contribution in [2.45, 2.75) is 37.9 Å². The van der Waals surface area contributed by atoms with Gasteiger partial charge in [-0.15, -0.1) is 0 Å². The lowest BCUT2D eigenvalue weighted by Gasteiger charge is -2.24. The lowest BCUT2D eigenvalue weighted by Crippen LogP contribution is -2.50. The molecule has 1 heterocycles. The number of carbonyl (C=O) groups is 2. The summed E-state index contributed by atoms with van der Waals surface area (Å²) in [7, 11) is 0. The van der Waals surface area contributed by atoms with Crippen LogP contribution < -0.4 is 5.32 Å². The van der Waals surface area contributed by atoms with Gasteiger partial charge in [-0.05, 0) is 31.2 Å². The Morgan fingerprint density at radius 3 is 2.57 bits per heavy atom. The fourth-order valence-electron chi connectivity index (χ4n) is 2.71. The van der Waals surface area contributed by atoms with Crippen LogP contribution in [0.25, 0.3) is 0 Å². The third-order valence-corrected chi connectivity index (χ3v) is 3.84. The summed E-state index contributed by atoms with van der Waals surface area (Å²) < 4.78 is 37.5. The zero-order valence-corrected chi connectivity index (χ0v) is 12.6. The standard InChI is InChI=1S/C16H19F3N2O2/c17-16(18,19)15(23)21-11-5-9-13(21)14(22)20-10-4-8-12-6-2-1-3-7-12/h1-3,6-7,13H,4-5,8-11H2,(H,20,22). The topological polar surface area (TPSA) is 49.4 Å². The number of rotatable bonds is 5. The zero-order valence-electron chi connectivity index (χ0n) is 12.6. The minimum atomic E-state index is -4.93. The van der Waals surface area contributed by atoms with Gasteiger partial charge in [-0.1, -0.05) is 30.3 Å². The van der Waals surface area contributed by atoms with Crippen molar-refractivity contribution in [1.29, 1.82) is 0 Å². The first-order valence-corrected chi connectivity index (χ1v) is 7.59. The van der Waals surface area contributed by atoms with Crippen molar-refractivity contribution in [2.24, 2.45) is 0 Å². The van der Waals surface area contributed by atoms with Crippen molar-refractivity contribution in [2.75, 3.05) is 13.1 Å². The van der Waals surface area contributed by atoms with Crippen LogP contribution in [-0.4, -0.2) is 42.0 Å². The van der Waals surface area contributed by atoms with Gasteiger partial charge in [0.05, 0.1) is 0 Å². The van der Waals surface area contributed by atoms with E-state index in [1.54, 1.807) is 0 Å². The molecule has 126 valence electrons. The number of benzene rings is 1. The maximum atomic E-state index is 12.5. The molecule has 0 aromatic heterocycles. The van der Waals surface area contributed by atoms with Crippen LogP contribution in [0.3, 0.4) is 0 Å². The molecule has 0 aliphatic carbocycles.